The standard InChI is InChI=1S/C13H13N3O2S/c1-18-12(17)9-19-13-14-11(15-16-13)8-7-10-5-3-2-4-6-10/h2-8H,9H2,1H3,(H,14,15,16)/b8-7+. The predicted molar refractivity (Wildman–Crippen MR) is 74.5 cm³/mol. The highest BCUT2D eigenvalue weighted by molar-refractivity contribution is 7.99. The Morgan fingerprint density at radius 1 is 1.37 bits per heavy atom. The number of benzene rings is 1. The van der Waals surface area contributed by atoms with Gasteiger partial charge in [0.1, 0.15) is 5.82 Å². The number of thioether (sulfide) groups is 1. The zero-order valence-electron chi connectivity index (χ0n) is 10.4. The van der Waals surface area contributed by atoms with Gasteiger partial charge < -0.3 is 4.74 Å². The van der Waals surface area contributed by atoms with Crippen LogP contribution in [0.1, 0.15) is 11.4 Å². The van der Waals surface area contributed by atoms with Crippen molar-refractivity contribution in [3.8, 4) is 0 Å². The topological polar surface area (TPSA) is 67.9 Å². The molecule has 0 saturated heterocycles. The fourth-order valence-electron chi connectivity index (χ4n) is 1.32. The molecule has 0 fully saturated rings. The van der Waals surface area contributed by atoms with Gasteiger partial charge in [0.25, 0.3) is 0 Å². The van der Waals surface area contributed by atoms with Gasteiger partial charge in [0.05, 0.1) is 12.9 Å². The first-order valence-electron chi connectivity index (χ1n) is 5.63. The van der Waals surface area contributed by atoms with Crippen molar-refractivity contribution in [2.24, 2.45) is 0 Å². The van der Waals surface area contributed by atoms with E-state index in [1.165, 1.54) is 18.9 Å². The van der Waals surface area contributed by atoms with Crippen LogP contribution in [0.25, 0.3) is 12.2 Å². The van der Waals surface area contributed by atoms with E-state index in [-0.39, 0.29) is 11.7 Å². The minimum Gasteiger partial charge on any atom is -0.468 e. The molecule has 0 aliphatic rings. The zero-order valence-corrected chi connectivity index (χ0v) is 11.2. The molecule has 0 unspecified atom stereocenters. The first-order valence-corrected chi connectivity index (χ1v) is 6.61. The van der Waals surface area contributed by atoms with Crippen LogP contribution in [0, 0.1) is 0 Å². The molecule has 5 nitrogen and oxygen atoms in total. The third-order valence-electron chi connectivity index (χ3n) is 2.26. The molecular weight excluding hydrogens is 262 g/mol. The van der Waals surface area contributed by atoms with E-state index < -0.39 is 0 Å². The van der Waals surface area contributed by atoms with Crippen LogP contribution in [-0.4, -0.2) is 34.0 Å². The average molecular weight is 275 g/mol. The lowest BCUT2D eigenvalue weighted by atomic mass is 10.2. The van der Waals surface area contributed by atoms with Crippen molar-refractivity contribution in [1.82, 2.24) is 15.2 Å². The Labute approximate surface area is 115 Å². The lowest BCUT2D eigenvalue weighted by Gasteiger charge is -1.94. The van der Waals surface area contributed by atoms with Gasteiger partial charge >= 0.3 is 5.97 Å². The fourth-order valence-corrected chi connectivity index (χ4v) is 1.96. The first-order chi connectivity index (χ1) is 9.28. The van der Waals surface area contributed by atoms with Gasteiger partial charge in [-0.2, -0.15) is 0 Å². The smallest absolute Gasteiger partial charge is 0.316 e. The van der Waals surface area contributed by atoms with Gasteiger partial charge in [0, 0.05) is 0 Å². The maximum absolute atomic E-state index is 11.0. The Hall–Kier alpha value is -2.08. The van der Waals surface area contributed by atoms with Gasteiger partial charge in [-0.3, -0.25) is 9.89 Å². The number of methoxy groups -OCH3 is 1. The molecule has 98 valence electrons. The summed E-state index contributed by atoms with van der Waals surface area (Å²) in [4.78, 5) is 15.2. The van der Waals surface area contributed by atoms with Crippen LogP contribution in [0.15, 0.2) is 35.5 Å². The number of hydrogen-bond donors (Lipinski definition) is 1. The molecule has 0 bridgehead atoms. The van der Waals surface area contributed by atoms with E-state index in [2.05, 4.69) is 19.9 Å². The van der Waals surface area contributed by atoms with E-state index in [1.54, 1.807) is 0 Å². The highest BCUT2D eigenvalue weighted by Crippen LogP contribution is 2.13. The van der Waals surface area contributed by atoms with Crippen molar-refractivity contribution >= 4 is 29.9 Å². The molecule has 2 aromatic rings. The molecule has 0 radical (unpaired) electrons. The highest BCUT2D eigenvalue weighted by atomic mass is 32.2. The molecule has 1 aromatic carbocycles. The van der Waals surface area contributed by atoms with E-state index in [9.17, 15) is 4.79 Å². The number of hydrogen-bond acceptors (Lipinski definition) is 5. The van der Waals surface area contributed by atoms with E-state index >= 15 is 0 Å². The molecule has 0 atom stereocenters. The van der Waals surface area contributed by atoms with Gasteiger partial charge in [0.2, 0.25) is 5.16 Å². The molecule has 1 aromatic heterocycles. The third-order valence-corrected chi connectivity index (χ3v) is 3.08. The molecule has 0 amide bonds. The second-order valence-corrected chi connectivity index (χ2v) is 4.55. The van der Waals surface area contributed by atoms with E-state index in [4.69, 9.17) is 0 Å². The number of carbonyl (C=O) groups excluding carboxylic acids is 1. The van der Waals surface area contributed by atoms with Gasteiger partial charge in [-0.25, -0.2) is 4.98 Å². The lowest BCUT2D eigenvalue weighted by Crippen LogP contribution is -2.03. The number of ether oxygens (including phenoxy) is 1. The Kier molecular flexibility index (Phi) is 4.74. The number of H-pyrrole nitrogens is 1. The van der Waals surface area contributed by atoms with E-state index in [1.807, 2.05) is 42.5 Å². The maximum Gasteiger partial charge on any atom is 0.316 e. The summed E-state index contributed by atoms with van der Waals surface area (Å²) in [5.74, 6) is 0.559. The summed E-state index contributed by atoms with van der Waals surface area (Å²) in [6.07, 6.45) is 3.78. The van der Waals surface area contributed by atoms with Crippen LogP contribution in [0.5, 0.6) is 0 Å². The monoisotopic (exact) mass is 275 g/mol. The molecule has 19 heavy (non-hydrogen) atoms. The normalized spacial score (nSPS) is 10.8. The number of rotatable bonds is 5. The first kappa shape index (κ1) is 13.4. The molecular formula is C13H13N3O2S. The minimum atomic E-state index is -0.295. The fraction of sp³-hybridized carbons (Fsp3) is 0.154. The van der Waals surface area contributed by atoms with Crippen LogP contribution >= 0.6 is 11.8 Å². The maximum atomic E-state index is 11.0. The average Bonchev–Trinajstić information content (AvgIpc) is 2.91. The van der Waals surface area contributed by atoms with Gasteiger partial charge in [-0.05, 0) is 11.6 Å². The van der Waals surface area contributed by atoms with Crippen LogP contribution in [-0.2, 0) is 9.53 Å². The summed E-state index contributed by atoms with van der Waals surface area (Å²) in [6.45, 7) is 0. The summed E-state index contributed by atoms with van der Waals surface area (Å²) >= 11 is 1.23. The van der Waals surface area contributed by atoms with Crippen molar-refractivity contribution in [2.75, 3.05) is 12.9 Å². The molecule has 0 spiro atoms. The Morgan fingerprint density at radius 3 is 2.89 bits per heavy atom. The minimum absolute atomic E-state index is 0.205. The van der Waals surface area contributed by atoms with Crippen LogP contribution < -0.4 is 0 Å². The summed E-state index contributed by atoms with van der Waals surface area (Å²) in [7, 11) is 1.36. The van der Waals surface area contributed by atoms with Crippen molar-refractivity contribution in [3.05, 3.63) is 41.7 Å². The number of nitrogens with one attached hydrogen (secondary N) is 1. The number of aromatic nitrogens is 3. The van der Waals surface area contributed by atoms with Gasteiger partial charge in [-0.1, -0.05) is 48.2 Å². The number of aromatic amines is 1. The molecule has 0 aliphatic carbocycles. The highest BCUT2D eigenvalue weighted by Gasteiger charge is 2.05. The summed E-state index contributed by atoms with van der Waals surface area (Å²) in [6, 6.07) is 9.91. The van der Waals surface area contributed by atoms with E-state index in [0.29, 0.717) is 11.0 Å². The Bertz CT molecular complexity index is 566. The third kappa shape index (κ3) is 4.26. The molecule has 1 heterocycles. The summed E-state index contributed by atoms with van der Waals surface area (Å²) in [5, 5.41) is 7.33. The van der Waals surface area contributed by atoms with Crippen LogP contribution in [0.2, 0.25) is 0 Å². The summed E-state index contributed by atoms with van der Waals surface area (Å²) in [5.41, 5.74) is 1.09. The second kappa shape index (κ2) is 6.75. The van der Waals surface area contributed by atoms with Crippen molar-refractivity contribution < 1.29 is 9.53 Å². The number of esters is 1. The van der Waals surface area contributed by atoms with Crippen LogP contribution in [0.3, 0.4) is 0 Å². The van der Waals surface area contributed by atoms with Crippen molar-refractivity contribution in [2.45, 2.75) is 5.16 Å². The van der Waals surface area contributed by atoms with Crippen molar-refractivity contribution in [3.63, 3.8) is 0 Å². The van der Waals surface area contributed by atoms with E-state index in [0.717, 1.165) is 5.56 Å². The molecule has 2 rings (SSSR count). The Balaban J connectivity index is 1.94. The second-order valence-electron chi connectivity index (χ2n) is 3.61. The largest absolute Gasteiger partial charge is 0.468 e. The van der Waals surface area contributed by atoms with Crippen molar-refractivity contribution in [1.29, 1.82) is 0 Å². The quantitative estimate of drug-likeness (QED) is 0.669. The Morgan fingerprint density at radius 2 is 2.16 bits per heavy atom. The van der Waals surface area contributed by atoms with Gasteiger partial charge in [0.15, 0.2) is 0 Å². The number of carbonyl (C=O) groups is 1. The number of nitrogens with zero attached hydrogens (tertiary/aromatic N) is 2. The van der Waals surface area contributed by atoms with Gasteiger partial charge in [-0.15, -0.1) is 5.10 Å². The molecule has 1 N–H and O–H groups in total. The molecule has 6 heteroatoms. The molecule has 0 aliphatic heterocycles. The summed E-state index contributed by atoms with van der Waals surface area (Å²) < 4.78 is 4.54. The lowest BCUT2D eigenvalue weighted by molar-refractivity contribution is -0.137. The predicted octanol–water partition coefficient (Wildman–Crippen LogP) is 2.24. The zero-order chi connectivity index (χ0) is 13.5. The SMILES string of the molecule is COC(=O)CSc1n[nH]c(/C=C/c2ccccc2)n1. The van der Waals surface area contributed by atoms with Crippen LogP contribution in [0.4, 0.5) is 0 Å². The molecule has 0 saturated carbocycles.